The summed E-state index contributed by atoms with van der Waals surface area (Å²) in [4.78, 5) is 19.0. The average Bonchev–Trinajstić information content (AvgIpc) is 3.40. The van der Waals surface area contributed by atoms with E-state index < -0.39 is 29.6 Å². The largest absolute Gasteiger partial charge is 0.492 e. The monoisotopic (exact) mass is 448 g/mol. The summed E-state index contributed by atoms with van der Waals surface area (Å²) in [5.74, 6) is -1.42. The van der Waals surface area contributed by atoms with Crippen LogP contribution in [0.1, 0.15) is 33.7 Å². The normalized spacial score (nSPS) is 19.8. The van der Waals surface area contributed by atoms with Crippen LogP contribution >= 0.6 is 0 Å². The Labute approximate surface area is 187 Å². The lowest BCUT2D eigenvalue weighted by Gasteiger charge is -2.32. The number of esters is 1. The molecule has 2 unspecified atom stereocenters. The lowest BCUT2D eigenvalue weighted by atomic mass is 9.85. The fourth-order valence-corrected chi connectivity index (χ4v) is 5.09. The van der Waals surface area contributed by atoms with Crippen LogP contribution in [0, 0.1) is 17.0 Å². The standard InChI is InChI=1S/C24H18F2N4O3/c25-15-7-17(28)11(9-27)6-12(15)10-30-18-8-16(26)13-3-5-32-22(13)20(18)19-14-2-1-4-29-23(14)33-24(31)21(19)30/h1-2,4,6-9,19,21,27H,3,5,10,28H2. The number of halogens is 2. The highest BCUT2D eigenvalue weighted by atomic mass is 19.1. The van der Waals surface area contributed by atoms with Gasteiger partial charge in [0.25, 0.3) is 0 Å². The summed E-state index contributed by atoms with van der Waals surface area (Å²) < 4.78 is 41.2. The summed E-state index contributed by atoms with van der Waals surface area (Å²) in [6, 6.07) is 6.72. The van der Waals surface area contributed by atoms with Crippen LogP contribution < -0.4 is 20.1 Å². The fourth-order valence-electron chi connectivity index (χ4n) is 5.09. The first-order valence-corrected chi connectivity index (χ1v) is 10.5. The zero-order chi connectivity index (χ0) is 22.9. The molecule has 2 atom stereocenters. The second-order valence-electron chi connectivity index (χ2n) is 8.28. The summed E-state index contributed by atoms with van der Waals surface area (Å²) in [7, 11) is 0. The molecule has 0 fully saturated rings. The van der Waals surface area contributed by atoms with Crippen LogP contribution in [0.15, 0.2) is 36.5 Å². The van der Waals surface area contributed by atoms with Gasteiger partial charge in [-0.25, -0.2) is 18.6 Å². The van der Waals surface area contributed by atoms with Crippen molar-refractivity contribution in [2.75, 3.05) is 17.2 Å². The number of aromatic nitrogens is 1. The topological polar surface area (TPSA) is 102 Å². The Morgan fingerprint density at radius 2 is 2.12 bits per heavy atom. The maximum Gasteiger partial charge on any atom is 0.336 e. The van der Waals surface area contributed by atoms with Gasteiger partial charge in [-0.3, -0.25) is 0 Å². The number of pyridine rings is 1. The minimum Gasteiger partial charge on any atom is -0.492 e. The highest BCUT2D eigenvalue weighted by Crippen LogP contribution is 2.55. The van der Waals surface area contributed by atoms with E-state index in [-0.39, 0.29) is 23.7 Å². The zero-order valence-corrected chi connectivity index (χ0v) is 17.3. The Morgan fingerprint density at radius 1 is 1.27 bits per heavy atom. The molecule has 0 saturated heterocycles. The van der Waals surface area contributed by atoms with E-state index in [2.05, 4.69) is 4.98 Å². The first kappa shape index (κ1) is 19.7. The highest BCUT2D eigenvalue weighted by Gasteiger charge is 2.52. The molecule has 0 saturated carbocycles. The number of nitrogens with zero attached hydrogens (tertiary/aromatic N) is 2. The molecule has 7 nitrogen and oxygen atoms in total. The summed E-state index contributed by atoms with van der Waals surface area (Å²) >= 11 is 0. The van der Waals surface area contributed by atoms with Gasteiger partial charge in [0, 0.05) is 64.6 Å². The first-order valence-electron chi connectivity index (χ1n) is 10.5. The van der Waals surface area contributed by atoms with E-state index in [1.165, 1.54) is 18.3 Å². The number of carbonyl (C=O) groups is 1. The second-order valence-corrected chi connectivity index (χ2v) is 8.28. The molecule has 0 spiro atoms. The number of carbonyl (C=O) groups excluding carboxylic acids is 1. The summed E-state index contributed by atoms with van der Waals surface area (Å²) in [5, 5.41) is 7.54. The molecule has 0 aliphatic carbocycles. The molecular formula is C24H18F2N4O3. The van der Waals surface area contributed by atoms with E-state index in [0.717, 1.165) is 12.3 Å². The summed E-state index contributed by atoms with van der Waals surface area (Å²) in [6.45, 7) is 0.295. The SMILES string of the molecule is N=Cc1cc(CN2c3cc(F)c4c(c3C3c5cccnc5OC(=O)C32)OCC4)c(F)cc1N. The van der Waals surface area contributed by atoms with Crippen LogP contribution in [-0.2, 0) is 17.8 Å². The minimum absolute atomic E-state index is 0.0515. The molecule has 2 aromatic carbocycles. The van der Waals surface area contributed by atoms with Crippen molar-refractivity contribution < 1.29 is 23.0 Å². The highest BCUT2D eigenvalue weighted by molar-refractivity contribution is 5.92. The number of anilines is 2. The number of nitrogen functional groups attached to an aromatic ring is 1. The molecule has 3 aliphatic heterocycles. The Bertz CT molecular complexity index is 1360. The maximum atomic E-state index is 15.0. The zero-order valence-electron chi connectivity index (χ0n) is 17.3. The third-order valence-electron chi connectivity index (χ3n) is 6.54. The summed E-state index contributed by atoms with van der Waals surface area (Å²) in [5.41, 5.74) is 8.81. The van der Waals surface area contributed by atoms with Gasteiger partial charge in [-0.2, -0.15) is 0 Å². The number of nitrogens with two attached hydrogens (primary N) is 1. The van der Waals surface area contributed by atoms with Crippen molar-refractivity contribution >= 4 is 23.6 Å². The lowest BCUT2D eigenvalue weighted by Crippen LogP contribution is -2.45. The van der Waals surface area contributed by atoms with Crippen LogP contribution in [0.25, 0.3) is 0 Å². The van der Waals surface area contributed by atoms with Crippen molar-refractivity contribution in [3.05, 3.63) is 76.0 Å². The quantitative estimate of drug-likeness (QED) is 0.362. The molecule has 166 valence electrons. The van der Waals surface area contributed by atoms with Crippen molar-refractivity contribution in [1.29, 1.82) is 5.41 Å². The number of hydrogen-bond donors (Lipinski definition) is 2. The van der Waals surface area contributed by atoms with E-state index in [0.29, 0.717) is 46.7 Å². The van der Waals surface area contributed by atoms with Gasteiger partial charge in [0.05, 0.1) is 12.5 Å². The third-order valence-corrected chi connectivity index (χ3v) is 6.54. The second kappa shape index (κ2) is 6.99. The molecule has 6 rings (SSSR count). The van der Waals surface area contributed by atoms with Gasteiger partial charge in [0.2, 0.25) is 5.88 Å². The van der Waals surface area contributed by atoms with Gasteiger partial charge in [-0.15, -0.1) is 0 Å². The third kappa shape index (κ3) is 2.75. The van der Waals surface area contributed by atoms with Crippen LogP contribution in [0.5, 0.6) is 11.6 Å². The molecule has 3 aliphatic rings. The van der Waals surface area contributed by atoms with Crippen molar-refractivity contribution in [2.45, 2.75) is 24.9 Å². The van der Waals surface area contributed by atoms with Crippen LogP contribution in [0.4, 0.5) is 20.2 Å². The average molecular weight is 448 g/mol. The molecular weight excluding hydrogens is 430 g/mol. The number of nitrogens with one attached hydrogen (secondary N) is 1. The number of rotatable bonds is 3. The molecule has 9 heteroatoms. The van der Waals surface area contributed by atoms with Gasteiger partial charge in [-0.05, 0) is 24.3 Å². The fraction of sp³-hybridized carbons (Fsp3) is 0.208. The van der Waals surface area contributed by atoms with Crippen molar-refractivity contribution in [3.8, 4) is 11.6 Å². The molecule has 0 amide bonds. The number of ether oxygens (including phenoxy) is 2. The molecule has 33 heavy (non-hydrogen) atoms. The van der Waals surface area contributed by atoms with Gasteiger partial charge < -0.3 is 25.5 Å². The van der Waals surface area contributed by atoms with Gasteiger partial charge in [0.15, 0.2) is 0 Å². The first-order chi connectivity index (χ1) is 16.0. The van der Waals surface area contributed by atoms with E-state index in [1.54, 1.807) is 11.0 Å². The summed E-state index contributed by atoms with van der Waals surface area (Å²) in [6.07, 6.45) is 3.01. The van der Waals surface area contributed by atoms with Crippen LogP contribution in [0.2, 0.25) is 0 Å². The Hall–Kier alpha value is -4.01. The lowest BCUT2D eigenvalue weighted by molar-refractivity contribution is -0.137. The molecule has 0 bridgehead atoms. The van der Waals surface area contributed by atoms with E-state index >= 15 is 4.39 Å². The van der Waals surface area contributed by atoms with Gasteiger partial charge in [0.1, 0.15) is 23.4 Å². The molecule has 0 radical (unpaired) electrons. The van der Waals surface area contributed by atoms with E-state index in [1.807, 2.05) is 6.07 Å². The number of fused-ring (bicyclic) bond motifs is 7. The minimum atomic E-state index is -0.854. The van der Waals surface area contributed by atoms with E-state index in [9.17, 15) is 9.18 Å². The molecule has 3 N–H and O–H groups in total. The van der Waals surface area contributed by atoms with Crippen LogP contribution in [0.3, 0.4) is 0 Å². The van der Waals surface area contributed by atoms with E-state index in [4.69, 9.17) is 20.6 Å². The number of benzene rings is 2. The maximum absolute atomic E-state index is 15.0. The van der Waals surface area contributed by atoms with Crippen LogP contribution in [-0.4, -0.2) is 29.8 Å². The number of hydrogen-bond acceptors (Lipinski definition) is 7. The van der Waals surface area contributed by atoms with Gasteiger partial charge >= 0.3 is 5.97 Å². The Kier molecular flexibility index (Phi) is 4.17. The Balaban J connectivity index is 1.56. The van der Waals surface area contributed by atoms with Crippen molar-refractivity contribution in [1.82, 2.24) is 4.98 Å². The van der Waals surface area contributed by atoms with Crippen molar-refractivity contribution in [3.63, 3.8) is 0 Å². The Morgan fingerprint density at radius 3 is 2.94 bits per heavy atom. The molecule has 4 heterocycles. The van der Waals surface area contributed by atoms with Gasteiger partial charge in [-0.1, -0.05) is 6.07 Å². The molecule has 1 aromatic heterocycles. The predicted octanol–water partition coefficient (Wildman–Crippen LogP) is 3.31. The van der Waals surface area contributed by atoms with Crippen molar-refractivity contribution in [2.24, 2.45) is 0 Å². The predicted molar refractivity (Wildman–Crippen MR) is 116 cm³/mol. The smallest absolute Gasteiger partial charge is 0.336 e. The molecule has 3 aromatic rings.